The van der Waals surface area contributed by atoms with E-state index in [1.165, 1.54) is 185 Å². The summed E-state index contributed by atoms with van der Waals surface area (Å²) in [4.78, 5) is 0. The zero-order chi connectivity index (χ0) is 64.6. The van der Waals surface area contributed by atoms with E-state index in [9.17, 15) is 0 Å². The van der Waals surface area contributed by atoms with Gasteiger partial charge in [-0.1, -0.05) is 254 Å². The molecule has 6 heterocycles. The fourth-order valence-corrected chi connectivity index (χ4v) is 27.3. The summed E-state index contributed by atoms with van der Waals surface area (Å²) in [5.41, 5.74) is 19.9. The zero-order valence-corrected chi connectivity index (χ0v) is 62.5. The van der Waals surface area contributed by atoms with Crippen LogP contribution in [0.3, 0.4) is 0 Å². The van der Waals surface area contributed by atoms with Gasteiger partial charge in [0.2, 0.25) is 17.1 Å². The SMILES string of the molecule is Cc1c(-c2c3ccc([Si]4(C)CCCC4)cc3cc[n+]2C)cc(C(C)(C)C)cc1C(C)(C)C.Cc1cc(C(C)(C)C)cc(-c2c3ccc([Si]4(C)CCCC4)cc3cc[n+]2C)c1C.Cc1ccc(C(C)(C)C)cc1-c1c2ccc([Si]3(C)CCCC3)cc2cc[n+]1C. The Kier molecular flexibility index (Phi) is 18.3. The molecule has 0 unspecified atom stereocenters. The normalized spacial score (nSPS) is 16.6. The molecule has 0 aliphatic carbocycles. The van der Waals surface area contributed by atoms with E-state index in [1.807, 2.05) is 0 Å². The van der Waals surface area contributed by atoms with Gasteiger partial charge >= 0.3 is 0 Å². The van der Waals surface area contributed by atoms with Gasteiger partial charge in [0.05, 0.1) is 51.5 Å². The number of fused-ring (bicyclic) bond motifs is 3. The molecule has 3 fully saturated rings. The molecule has 3 saturated heterocycles. The van der Waals surface area contributed by atoms with Crippen molar-refractivity contribution in [2.24, 2.45) is 21.1 Å². The molecular formula is C83H112N3Si3+3. The number of aryl methyl sites for hydroxylation is 5. The standard InChI is InChI=1S/C30H42NSi.C27H36NSi.C26H34NSi/c1-21-26(19-23(29(2,3)4)20-27(21)30(5,6)7)28-25-13-12-24(32(9)16-10-11-17-32)18-22(25)14-15-31(28)8;1-19-16-22(27(3,4)5)18-25(20(19)2)26-24-11-10-23(29(7)14-8-9-15-29)17-21(24)12-13-28(26)6;1-19-9-10-21(26(2,3)4)18-24(19)25-23-12-11-22(28(6)15-7-8-16-28)17-20(23)13-14-27(25)5/h12-15,18-20H,10-11,16-17H2,1-9H3;10-13,16-18H,8-9,14-15H2,1-7H3;9-14,17-18H,7-8,15-16H2,1-6H3/q3*+1. The maximum atomic E-state index is 2.59. The second-order valence-electron chi connectivity index (χ2n) is 33.2. The van der Waals surface area contributed by atoms with Crippen LogP contribution in [0.4, 0.5) is 0 Å². The van der Waals surface area contributed by atoms with E-state index in [4.69, 9.17) is 0 Å². The summed E-state index contributed by atoms with van der Waals surface area (Å²) in [6.07, 6.45) is 15.3. The number of benzene rings is 6. The summed E-state index contributed by atoms with van der Waals surface area (Å²) >= 11 is 0. The topological polar surface area (TPSA) is 11.6 Å². The van der Waals surface area contributed by atoms with Crippen molar-refractivity contribution in [1.29, 1.82) is 0 Å². The molecule has 6 aromatic carbocycles. The summed E-state index contributed by atoms with van der Waals surface area (Å²) in [6, 6.07) is 54.5. The summed E-state index contributed by atoms with van der Waals surface area (Å²) in [5.74, 6) is 0. The number of pyridine rings is 3. The molecule has 0 radical (unpaired) electrons. The summed E-state index contributed by atoms with van der Waals surface area (Å²) < 4.78 is 6.94. The highest BCUT2D eigenvalue weighted by molar-refractivity contribution is 6.92. The van der Waals surface area contributed by atoms with E-state index in [2.05, 4.69) is 299 Å². The molecule has 0 amide bonds. The molecule has 3 aliphatic heterocycles. The van der Waals surface area contributed by atoms with Gasteiger partial charge in [0, 0.05) is 23.8 Å². The van der Waals surface area contributed by atoms with Crippen molar-refractivity contribution in [2.75, 3.05) is 0 Å². The van der Waals surface area contributed by atoms with Crippen molar-refractivity contribution in [3.8, 4) is 33.8 Å². The minimum atomic E-state index is -1.28. The van der Waals surface area contributed by atoms with Crippen LogP contribution >= 0.6 is 0 Å². The maximum Gasteiger partial charge on any atom is 0.220 e. The Bertz CT molecular complexity index is 4140. The molecule has 3 aromatic heterocycles. The molecule has 3 nitrogen and oxygen atoms in total. The van der Waals surface area contributed by atoms with E-state index < -0.39 is 24.2 Å². The lowest BCUT2D eigenvalue weighted by atomic mass is 9.76. The second kappa shape index (κ2) is 24.7. The van der Waals surface area contributed by atoms with Gasteiger partial charge in [-0.15, -0.1) is 0 Å². The first-order chi connectivity index (χ1) is 41.6. The first kappa shape index (κ1) is 66.1. The van der Waals surface area contributed by atoms with Crippen LogP contribution < -0.4 is 29.3 Å². The van der Waals surface area contributed by atoms with Gasteiger partial charge in [0.15, 0.2) is 18.6 Å². The van der Waals surface area contributed by atoms with E-state index in [-0.39, 0.29) is 21.7 Å². The summed E-state index contributed by atoms with van der Waals surface area (Å²) in [6.45, 7) is 44.7. The van der Waals surface area contributed by atoms with Gasteiger partial charge in [-0.25, -0.2) is 13.7 Å². The Morgan fingerprint density at radius 2 is 0.640 bits per heavy atom. The Hall–Kier alpha value is -5.80. The molecule has 89 heavy (non-hydrogen) atoms. The monoisotopic (exact) mass is 1230 g/mol. The Labute approximate surface area is 542 Å². The highest BCUT2D eigenvalue weighted by atomic mass is 28.3. The molecule has 0 atom stereocenters. The summed E-state index contributed by atoms with van der Waals surface area (Å²) in [5, 5.41) is 13.3. The van der Waals surface area contributed by atoms with Crippen molar-refractivity contribution in [1.82, 2.24) is 0 Å². The number of rotatable bonds is 6. The molecule has 0 bridgehead atoms. The molecule has 0 spiro atoms. The lowest BCUT2D eigenvalue weighted by molar-refractivity contribution is -0.659. The van der Waals surface area contributed by atoms with Crippen molar-refractivity contribution < 1.29 is 13.7 Å². The third-order valence-corrected chi connectivity index (χ3v) is 36.0. The number of nitrogens with zero attached hydrogens (tertiary/aromatic N) is 3. The maximum absolute atomic E-state index is 2.59. The smallest absolute Gasteiger partial charge is 0.200 e. The zero-order valence-electron chi connectivity index (χ0n) is 59.5. The van der Waals surface area contributed by atoms with E-state index in [0.29, 0.717) is 0 Å². The van der Waals surface area contributed by atoms with Gasteiger partial charge in [-0.05, 0) is 146 Å². The molecular weight excluding hydrogens is 1120 g/mol. The predicted molar refractivity (Wildman–Crippen MR) is 396 cm³/mol. The third kappa shape index (κ3) is 13.5. The van der Waals surface area contributed by atoms with Crippen LogP contribution in [-0.4, -0.2) is 24.2 Å². The van der Waals surface area contributed by atoms with Crippen LogP contribution in [0.1, 0.15) is 166 Å². The molecule has 468 valence electrons. The van der Waals surface area contributed by atoms with Gasteiger partial charge < -0.3 is 0 Å². The molecule has 0 N–H and O–H groups in total. The Balaban J connectivity index is 0.000000147. The molecule has 12 rings (SSSR count). The molecule has 0 saturated carbocycles. The van der Waals surface area contributed by atoms with Crippen LogP contribution in [0.2, 0.25) is 55.9 Å². The first-order valence-corrected chi connectivity index (χ1v) is 43.0. The van der Waals surface area contributed by atoms with Gasteiger partial charge in [0.1, 0.15) is 21.1 Å². The van der Waals surface area contributed by atoms with Crippen LogP contribution in [-0.2, 0) is 42.8 Å². The van der Waals surface area contributed by atoms with E-state index in [0.717, 1.165) is 0 Å². The van der Waals surface area contributed by atoms with Crippen molar-refractivity contribution in [3.63, 3.8) is 0 Å². The van der Waals surface area contributed by atoms with Crippen molar-refractivity contribution >= 4 is 72.1 Å². The first-order valence-electron chi connectivity index (χ1n) is 34.3. The van der Waals surface area contributed by atoms with Crippen LogP contribution in [0.25, 0.3) is 66.1 Å². The van der Waals surface area contributed by atoms with Crippen LogP contribution in [0.15, 0.2) is 134 Å². The lowest BCUT2D eigenvalue weighted by Crippen LogP contribution is -2.41. The molecule has 6 heteroatoms. The number of aromatic nitrogens is 3. The number of hydrogen-bond donors (Lipinski definition) is 0. The van der Waals surface area contributed by atoms with Gasteiger partial charge in [-0.2, -0.15) is 0 Å². The Morgan fingerprint density at radius 1 is 0.315 bits per heavy atom. The largest absolute Gasteiger partial charge is 0.220 e. The molecule has 3 aliphatic rings. The average Bonchev–Trinajstić information content (AvgIpc) is 0.872. The van der Waals surface area contributed by atoms with Crippen molar-refractivity contribution in [3.05, 3.63) is 178 Å². The van der Waals surface area contributed by atoms with Crippen molar-refractivity contribution in [2.45, 2.75) is 227 Å². The fourth-order valence-electron chi connectivity index (χ4n) is 15.6. The van der Waals surface area contributed by atoms with Gasteiger partial charge in [-0.3, -0.25) is 0 Å². The van der Waals surface area contributed by atoms with Gasteiger partial charge in [0.25, 0.3) is 0 Å². The third-order valence-electron chi connectivity index (χ3n) is 22.1. The minimum absolute atomic E-state index is 0.110. The quantitative estimate of drug-likeness (QED) is 0.116. The minimum Gasteiger partial charge on any atom is -0.200 e. The second-order valence-corrected chi connectivity index (χ2v) is 47.3. The number of hydrogen-bond acceptors (Lipinski definition) is 0. The lowest BCUT2D eigenvalue weighted by Gasteiger charge is -2.28. The Morgan fingerprint density at radius 3 is 0.989 bits per heavy atom. The highest BCUT2D eigenvalue weighted by Crippen LogP contribution is 2.41. The van der Waals surface area contributed by atoms with E-state index in [1.54, 1.807) is 15.6 Å². The average molecular weight is 1240 g/mol. The van der Waals surface area contributed by atoms with Crippen LogP contribution in [0.5, 0.6) is 0 Å². The predicted octanol–water partition coefficient (Wildman–Crippen LogP) is 19.7. The fraction of sp³-hybridized carbons (Fsp3) is 0.458. The van der Waals surface area contributed by atoms with Crippen LogP contribution in [0, 0.1) is 27.7 Å². The highest BCUT2D eigenvalue weighted by Gasteiger charge is 2.37. The van der Waals surface area contributed by atoms with E-state index >= 15 is 0 Å². The summed E-state index contributed by atoms with van der Waals surface area (Å²) in [7, 11) is 2.81. The molecule has 9 aromatic rings.